The van der Waals surface area contributed by atoms with Gasteiger partial charge in [-0.25, -0.2) is 4.39 Å². The first-order chi connectivity index (χ1) is 8.67. The van der Waals surface area contributed by atoms with Crippen LogP contribution < -0.4 is 5.32 Å². The molecule has 0 spiro atoms. The minimum Gasteiger partial charge on any atom is -0.310 e. The minimum atomic E-state index is -0.158. The predicted octanol–water partition coefficient (Wildman–Crippen LogP) is 4.69. The summed E-state index contributed by atoms with van der Waals surface area (Å²) in [4.78, 5) is 0. The third-order valence-electron chi connectivity index (χ3n) is 3.33. The fraction of sp³-hybridized carbons (Fsp3) is 0.625. The third-order valence-corrected chi connectivity index (χ3v) is 3.33. The van der Waals surface area contributed by atoms with E-state index in [1.165, 1.54) is 18.4 Å². The first kappa shape index (κ1) is 15.2. The Morgan fingerprint density at radius 3 is 2.33 bits per heavy atom. The van der Waals surface area contributed by atoms with Gasteiger partial charge in [-0.3, -0.25) is 0 Å². The van der Waals surface area contributed by atoms with E-state index in [0.29, 0.717) is 12.0 Å². The Labute approximate surface area is 111 Å². The first-order valence-corrected chi connectivity index (χ1v) is 7.16. The molecule has 0 saturated carbocycles. The van der Waals surface area contributed by atoms with Crippen molar-refractivity contribution in [3.05, 3.63) is 35.6 Å². The molecule has 1 N–H and O–H groups in total. The van der Waals surface area contributed by atoms with Crippen molar-refractivity contribution in [2.24, 2.45) is 5.92 Å². The fourth-order valence-electron chi connectivity index (χ4n) is 2.36. The Morgan fingerprint density at radius 1 is 1.11 bits per heavy atom. The summed E-state index contributed by atoms with van der Waals surface area (Å²) in [6.45, 7) is 7.71. The Kier molecular flexibility index (Phi) is 6.96. The molecule has 0 aromatic heterocycles. The molecule has 0 saturated heterocycles. The van der Waals surface area contributed by atoms with E-state index in [-0.39, 0.29) is 5.82 Å². The number of nitrogens with one attached hydrogen (secondary N) is 1. The summed E-state index contributed by atoms with van der Waals surface area (Å²) in [6.07, 6.45) is 4.73. The van der Waals surface area contributed by atoms with Gasteiger partial charge >= 0.3 is 0 Å². The Morgan fingerprint density at radius 2 is 1.78 bits per heavy atom. The van der Waals surface area contributed by atoms with E-state index in [2.05, 4.69) is 26.1 Å². The molecule has 0 aliphatic carbocycles. The lowest BCUT2D eigenvalue weighted by Gasteiger charge is -2.22. The van der Waals surface area contributed by atoms with Crippen LogP contribution in [0.5, 0.6) is 0 Å². The van der Waals surface area contributed by atoms with Gasteiger partial charge in [-0.15, -0.1) is 0 Å². The van der Waals surface area contributed by atoms with Crippen LogP contribution in [0.15, 0.2) is 24.3 Å². The lowest BCUT2D eigenvalue weighted by molar-refractivity contribution is 0.390. The highest BCUT2D eigenvalue weighted by atomic mass is 19.1. The first-order valence-electron chi connectivity index (χ1n) is 7.16. The lowest BCUT2D eigenvalue weighted by Crippen LogP contribution is -2.24. The molecular weight excluding hydrogens is 225 g/mol. The maximum atomic E-state index is 13.0. The zero-order valence-corrected chi connectivity index (χ0v) is 11.9. The van der Waals surface area contributed by atoms with Crippen LogP contribution in [0.1, 0.15) is 58.1 Å². The number of hydrogen-bond donors (Lipinski definition) is 1. The summed E-state index contributed by atoms with van der Waals surface area (Å²) in [5, 5.41) is 3.57. The summed E-state index contributed by atoms with van der Waals surface area (Å²) >= 11 is 0. The Balaban J connectivity index is 2.67. The summed E-state index contributed by atoms with van der Waals surface area (Å²) < 4.78 is 13.0. The minimum absolute atomic E-state index is 0.158. The van der Waals surface area contributed by atoms with Gasteiger partial charge in [0.15, 0.2) is 0 Å². The maximum Gasteiger partial charge on any atom is 0.123 e. The second-order valence-electron chi connectivity index (χ2n) is 5.19. The summed E-state index contributed by atoms with van der Waals surface area (Å²) in [5.74, 6) is 0.545. The van der Waals surface area contributed by atoms with Crippen LogP contribution in [0.4, 0.5) is 4.39 Å². The fourth-order valence-corrected chi connectivity index (χ4v) is 2.36. The topological polar surface area (TPSA) is 12.0 Å². The highest BCUT2D eigenvalue weighted by molar-refractivity contribution is 5.20. The van der Waals surface area contributed by atoms with Gasteiger partial charge in [0.2, 0.25) is 0 Å². The monoisotopic (exact) mass is 251 g/mol. The second-order valence-corrected chi connectivity index (χ2v) is 5.19. The molecule has 2 atom stereocenters. The van der Waals surface area contributed by atoms with Gasteiger partial charge in [0.05, 0.1) is 0 Å². The molecule has 0 amide bonds. The van der Waals surface area contributed by atoms with Crippen LogP contribution in [0.3, 0.4) is 0 Å². The molecule has 0 heterocycles. The van der Waals surface area contributed by atoms with E-state index in [4.69, 9.17) is 0 Å². The largest absolute Gasteiger partial charge is 0.310 e. The van der Waals surface area contributed by atoms with Crippen LogP contribution in [0, 0.1) is 11.7 Å². The van der Waals surface area contributed by atoms with E-state index in [0.717, 1.165) is 19.4 Å². The highest BCUT2D eigenvalue weighted by Crippen LogP contribution is 2.24. The SMILES string of the molecule is CCCNC(CC(C)CCC)c1ccc(F)cc1. The zero-order chi connectivity index (χ0) is 13.4. The maximum absolute atomic E-state index is 13.0. The van der Waals surface area contributed by atoms with Crippen LogP contribution >= 0.6 is 0 Å². The van der Waals surface area contributed by atoms with Gasteiger partial charge in [-0.05, 0) is 43.0 Å². The van der Waals surface area contributed by atoms with Crippen molar-refractivity contribution in [3.63, 3.8) is 0 Å². The summed E-state index contributed by atoms with van der Waals surface area (Å²) in [5.41, 5.74) is 1.20. The molecule has 2 unspecified atom stereocenters. The summed E-state index contributed by atoms with van der Waals surface area (Å²) in [7, 11) is 0. The van der Waals surface area contributed by atoms with E-state index >= 15 is 0 Å². The lowest BCUT2D eigenvalue weighted by atomic mass is 9.93. The van der Waals surface area contributed by atoms with Gasteiger partial charge in [0.1, 0.15) is 5.82 Å². The van der Waals surface area contributed by atoms with Crippen molar-refractivity contribution in [2.75, 3.05) is 6.54 Å². The van der Waals surface area contributed by atoms with E-state index in [1.807, 2.05) is 12.1 Å². The molecule has 18 heavy (non-hydrogen) atoms. The molecular formula is C16H26FN. The number of hydrogen-bond acceptors (Lipinski definition) is 1. The quantitative estimate of drug-likeness (QED) is 0.706. The number of rotatable bonds is 8. The molecule has 1 nitrogen and oxygen atoms in total. The molecule has 1 aromatic carbocycles. The van der Waals surface area contributed by atoms with Crippen molar-refractivity contribution in [1.82, 2.24) is 5.32 Å². The highest BCUT2D eigenvalue weighted by Gasteiger charge is 2.14. The third kappa shape index (κ3) is 5.18. The van der Waals surface area contributed by atoms with Crippen LogP contribution in [-0.4, -0.2) is 6.54 Å². The Bertz CT molecular complexity index is 320. The van der Waals surface area contributed by atoms with Gasteiger partial charge in [0.25, 0.3) is 0 Å². The van der Waals surface area contributed by atoms with Crippen molar-refractivity contribution in [3.8, 4) is 0 Å². The molecule has 0 radical (unpaired) electrons. The van der Waals surface area contributed by atoms with Crippen molar-refractivity contribution in [2.45, 2.75) is 52.5 Å². The molecule has 0 fully saturated rings. The molecule has 0 aliphatic heterocycles. The van der Waals surface area contributed by atoms with Gasteiger partial charge in [0, 0.05) is 6.04 Å². The molecule has 102 valence electrons. The van der Waals surface area contributed by atoms with E-state index < -0.39 is 0 Å². The van der Waals surface area contributed by atoms with Crippen LogP contribution in [0.2, 0.25) is 0 Å². The Hall–Kier alpha value is -0.890. The zero-order valence-electron chi connectivity index (χ0n) is 11.9. The van der Waals surface area contributed by atoms with E-state index in [9.17, 15) is 4.39 Å². The van der Waals surface area contributed by atoms with Crippen molar-refractivity contribution >= 4 is 0 Å². The van der Waals surface area contributed by atoms with Crippen molar-refractivity contribution in [1.29, 1.82) is 0 Å². The standard InChI is InChI=1S/C16H26FN/c1-4-6-13(3)12-16(18-11-5-2)14-7-9-15(17)10-8-14/h7-10,13,16,18H,4-6,11-12H2,1-3H3. The van der Waals surface area contributed by atoms with Crippen LogP contribution in [-0.2, 0) is 0 Å². The molecule has 1 aromatic rings. The smallest absolute Gasteiger partial charge is 0.123 e. The van der Waals surface area contributed by atoms with Crippen LogP contribution in [0.25, 0.3) is 0 Å². The average Bonchev–Trinajstić information content (AvgIpc) is 2.36. The van der Waals surface area contributed by atoms with E-state index in [1.54, 1.807) is 12.1 Å². The summed E-state index contributed by atoms with van der Waals surface area (Å²) in [6, 6.07) is 7.27. The molecule has 0 aliphatic rings. The predicted molar refractivity (Wildman–Crippen MR) is 76.1 cm³/mol. The molecule has 0 bridgehead atoms. The van der Waals surface area contributed by atoms with Crippen molar-refractivity contribution < 1.29 is 4.39 Å². The second kappa shape index (κ2) is 8.25. The average molecular weight is 251 g/mol. The van der Waals surface area contributed by atoms with Gasteiger partial charge in [-0.2, -0.15) is 0 Å². The normalized spacial score (nSPS) is 14.4. The van der Waals surface area contributed by atoms with Gasteiger partial charge < -0.3 is 5.32 Å². The number of halogens is 1. The molecule has 1 rings (SSSR count). The van der Waals surface area contributed by atoms with Gasteiger partial charge in [-0.1, -0.05) is 45.7 Å². The number of benzene rings is 1. The molecule has 2 heteroatoms.